The van der Waals surface area contributed by atoms with Gasteiger partial charge in [0.1, 0.15) is 23.0 Å². The third-order valence-electron chi connectivity index (χ3n) is 4.46. The number of anilines is 1. The molecule has 1 saturated heterocycles. The molecule has 0 aromatic carbocycles. The van der Waals surface area contributed by atoms with Crippen LogP contribution >= 0.6 is 0 Å². The number of nitrogens with one attached hydrogen (secondary N) is 2. The van der Waals surface area contributed by atoms with Crippen molar-refractivity contribution in [2.45, 2.75) is 31.8 Å². The van der Waals surface area contributed by atoms with E-state index in [0.717, 1.165) is 30.9 Å². The molecule has 0 aliphatic carbocycles. The standard InChI is InChI=1S/C17H19FN6/c1-11-13(3-2-6-20-11)22-16-9-19-7-14(23-16)15-8-21-17-5-4-12(18)10-24(15)17/h4-5,7-11,13,20H,2-3,6H2,1H3,(H,22,23). The highest BCUT2D eigenvalue weighted by molar-refractivity contribution is 5.60. The minimum Gasteiger partial charge on any atom is -0.364 e. The van der Waals surface area contributed by atoms with Crippen LogP contribution < -0.4 is 10.6 Å². The third kappa shape index (κ3) is 2.82. The molecule has 124 valence electrons. The highest BCUT2D eigenvalue weighted by Gasteiger charge is 2.21. The Labute approximate surface area is 139 Å². The van der Waals surface area contributed by atoms with Crippen LogP contribution in [0.15, 0.2) is 36.9 Å². The van der Waals surface area contributed by atoms with E-state index >= 15 is 0 Å². The number of imidazole rings is 1. The molecule has 7 heteroatoms. The Hall–Kier alpha value is -2.54. The molecule has 2 atom stereocenters. The molecule has 1 aliphatic rings. The zero-order valence-corrected chi connectivity index (χ0v) is 13.4. The molecule has 0 amide bonds. The first-order valence-corrected chi connectivity index (χ1v) is 8.16. The summed E-state index contributed by atoms with van der Waals surface area (Å²) in [6, 6.07) is 3.74. The molecule has 4 heterocycles. The van der Waals surface area contributed by atoms with Crippen LogP contribution in [0.3, 0.4) is 0 Å². The van der Waals surface area contributed by atoms with Crippen molar-refractivity contribution in [2.75, 3.05) is 11.9 Å². The van der Waals surface area contributed by atoms with Crippen LogP contribution in [0, 0.1) is 5.82 Å². The van der Waals surface area contributed by atoms with E-state index in [1.807, 2.05) is 0 Å². The van der Waals surface area contributed by atoms with Gasteiger partial charge in [-0.2, -0.15) is 0 Å². The quantitative estimate of drug-likeness (QED) is 0.774. The lowest BCUT2D eigenvalue weighted by atomic mass is 10.00. The molecule has 6 nitrogen and oxygen atoms in total. The van der Waals surface area contributed by atoms with E-state index in [2.05, 4.69) is 32.5 Å². The molecule has 0 spiro atoms. The van der Waals surface area contributed by atoms with Gasteiger partial charge < -0.3 is 10.6 Å². The van der Waals surface area contributed by atoms with Gasteiger partial charge in [-0.1, -0.05) is 0 Å². The fourth-order valence-electron chi connectivity index (χ4n) is 3.13. The Morgan fingerprint density at radius 1 is 1.29 bits per heavy atom. The summed E-state index contributed by atoms with van der Waals surface area (Å²) in [6.45, 7) is 3.22. The molecule has 0 bridgehead atoms. The van der Waals surface area contributed by atoms with Gasteiger partial charge in [0.2, 0.25) is 0 Å². The number of hydrogen-bond donors (Lipinski definition) is 2. The van der Waals surface area contributed by atoms with Gasteiger partial charge >= 0.3 is 0 Å². The smallest absolute Gasteiger partial charge is 0.145 e. The maximum atomic E-state index is 13.5. The van der Waals surface area contributed by atoms with Crippen LogP contribution in [0.25, 0.3) is 17.0 Å². The average Bonchev–Trinajstić information content (AvgIpc) is 3.00. The van der Waals surface area contributed by atoms with Crippen molar-refractivity contribution in [1.82, 2.24) is 24.7 Å². The Morgan fingerprint density at radius 3 is 3.08 bits per heavy atom. The van der Waals surface area contributed by atoms with Crippen LogP contribution in [0.5, 0.6) is 0 Å². The molecule has 4 rings (SSSR count). The summed E-state index contributed by atoms with van der Waals surface area (Å²) >= 11 is 0. The van der Waals surface area contributed by atoms with E-state index in [-0.39, 0.29) is 5.82 Å². The second-order valence-electron chi connectivity index (χ2n) is 6.14. The molecule has 2 N–H and O–H groups in total. The van der Waals surface area contributed by atoms with Crippen molar-refractivity contribution in [3.05, 3.63) is 42.7 Å². The summed E-state index contributed by atoms with van der Waals surface area (Å²) in [7, 11) is 0. The van der Waals surface area contributed by atoms with E-state index in [1.54, 1.807) is 29.1 Å². The number of piperidine rings is 1. The van der Waals surface area contributed by atoms with Crippen LogP contribution in [0.1, 0.15) is 19.8 Å². The van der Waals surface area contributed by atoms with E-state index in [9.17, 15) is 4.39 Å². The Bertz CT molecular complexity index is 861. The number of hydrogen-bond acceptors (Lipinski definition) is 5. The molecule has 1 fully saturated rings. The summed E-state index contributed by atoms with van der Waals surface area (Å²) in [5.74, 6) is 0.408. The SMILES string of the molecule is CC1NCCCC1Nc1cncc(-c2cnc3ccc(F)cn23)n1. The van der Waals surface area contributed by atoms with Crippen molar-refractivity contribution in [1.29, 1.82) is 0 Å². The zero-order valence-electron chi connectivity index (χ0n) is 13.4. The average molecular weight is 326 g/mol. The number of halogens is 1. The minimum atomic E-state index is -0.314. The first-order chi connectivity index (χ1) is 11.7. The Morgan fingerprint density at radius 2 is 2.21 bits per heavy atom. The summed E-state index contributed by atoms with van der Waals surface area (Å²) in [4.78, 5) is 13.2. The molecule has 3 aromatic heterocycles. The fourth-order valence-corrected chi connectivity index (χ4v) is 3.13. The van der Waals surface area contributed by atoms with Gasteiger partial charge in [-0.05, 0) is 38.4 Å². The number of aromatic nitrogens is 4. The third-order valence-corrected chi connectivity index (χ3v) is 4.46. The lowest BCUT2D eigenvalue weighted by molar-refractivity contribution is 0.388. The molecule has 0 saturated carbocycles. The largest absolute Gasteiger partial charge is 0.364 e. The van der Waals surface area contributed by atoms with Gasteiger partial charge in [0.15, 0.2) is 0 Å². The summed E-state index contributed by atoms with van der Waals surface area (Å²) in [5.41, 5.74) is 2.06. The highest BCUT2D eigenvalue weighted by atomic mass is 19.1. The van der Waals surface area contributed by atoms with Crippen molar-refractivity contribution < 1.29 is 4.39 Å². The topological polar surface area (TPSA) is 67.1 Å². The highest BCUT2D eigenvalue weighted by Crippen LogP contribution is 2.21. The Balaban J connectivity index is 1.65. The molecule has 0 radical (unpaired) electrons. The van der Waals surface area contributed by atoms with Crippen LogP contribution in [0.4, 0.5) is 10.2 Å². The van der Waals surface area contributed by atoms with Crippen molar-refractivity contribution in [2.24, 2.45) is 0 Å². The van der Waals surface area contributed by atoms with E-state index in [0.29, 0.717) is 23.4 Å². The second-order valence-corrected chi connectivity index (χ2v) is 6.14. The second kappa shape index (κ2) is 6.16. The van der Waals surface area contributed by atoms with Gasteiger partial charge in [-0.3, -0.25) is 9.38 Å². The summed E-state index contributed by atoms with van der Waals surface area (Å²) in [5, 5.41) is 6.91. The van der Waals surface area contributed by atoms with Gasteiger partial charge in [0, 0.05) is 18.3 Å². The van der Waals surface area contributed by atoms with Gasteiger partial charge in [0.05, 0.1) is 24.3 Å². The van der Waals surface area contributed by atoms with E-state index in [1.165, 1.54) is 12.3 Å². The normalized spacial score (nSPS) is 21.1. The van der Waals surface area contributed by atoms with Gasteiger partial charge in [0.25, 0.3) is 0 Å². The molecule has 3 aromatic rings. The predicted molar refractivity (Wildman–Crippen MR) is 90.3 cm³/mol. The monoisotopic (exact) mass is 326 g/mol. The van der Waals surface area contributed by atoms with Crippen molar-refractivity contribution >= 4 is 11.5 Å². The molecular weight excluding hydrogens is 307 g/mol. The molecule has 1 aliphatic heterocycles. The number of rotatable bonds is 3. The Kier molecular flexibility index (Phi) is 3.86. The first-order valence-electron chi connectivity index (χ1n) is 8.16. The lowest BCUT2D eigenvalue weighted by Gasteiger charge is -2.30. The van der Waals surface area contributed by atoms with E-state index in [4.69, 9.17) is 0 Å². The number of fused-ring (bicyclic) bond motifs is 1. The van der Waals surface area contributed by atoms with Crippen LogP contribution in [0.2, 0.25) is 0 Å². The van der Waals surface area contributed by atoms with Crippen molar-refractivity contribution in [3.8, 4) is 11.4 Å². The molecular formula is C17H19FN6. The molecule has 2 unspecified atom stereocenters. The molecule has 24 heavy (non-hydrogen) atoms. The van der Waals surface area contributed by atoms with Gasteiger partial charge in [-0.25, -0.2) is 14.4 Å². The summed E-state index contributed by atoms with van der Waals surface area (Å²) < 4.78 is 15.2. The van der Waals surface area contributed by atoms with E-state index < -0.39 is 0 Å². The van der Waals surface area contributed by atoms with Crippen LogP contribution in [-0.2, 0) is 0 Å². The first kappa shape index (κ1) is 15.0. The fraction of sp³-hybridized carbons (Fsp3) is 0.353. The van der Waals surface area contributed by atoms with Gasteiger partial charge in [-0.15, -0.1) is 0 Å². The van der Waals surface area contributed by atoms with Crippen LogP contribution in [-0.4, -0.2) is 38.0 Å². The minimum absolute atomic E-state index is 0.314. The zero-order chi connectivity index (χ0) is 16.5. The predicted octanol–water partition coefficient (Wildman–Crippen LogP) is 2.48. The summed E-state index contributed by atoms with van der Waals surface area (Å²) in [6.07, 6.45) is 8.72. The lowest BCUT2D eigenvalue weighted by Crippen LogP contribution is -2.46. The van der Waals surface area contributed by atoms with Crippen molar-refractivity contribution in [3.63, 3.8) is 0 Å². The maximum Gasteiger partial charge on any atom is 0.145 e. The number of pyridine rings is 1. The maximum absolute atomic E-state index is 13.5. The number of nitrogens with zero attached hydrogens (tertiary/aromatic N) is 4.